The van der Waals surface area contributed by atoms with Gasteiger partial charge in [0.1, 0.15) is 0 Å². The first-order valence-electron chi connectivity index (χ1n) is 5.26. The lowest BCUT2D eigenvalue weighted by Gasteiger charge is -2.25. The zero-order chi connectivity index (χ0) is 11.4. The number of aliphatic hydroxyl groups is 1. The van der Waals surface area contributed by atoms with Gasteiger partial charge in [0.15, 0.2) is 5.13 Å². The fourth-order valence-corrected chi connectivity index (χ4v) is 3.51. The van der Waals surface area contributed by atoms with Crippen LogP contribution in [0.1, 0.15) is 10.6 Å². The maximum atomic E-state index is 9.25. The second-order valence-electron chi connectivity index (χ2n) is 3.56. The Labute approximate surface area is 104 Å². The molecule has 0 saturated carbocycles. The number of rotatable bonds is 4. The average molecular weight is 260 g/mol. The standard InChI is InChI=1S/C10H16N2O2S2/c1-14-7-8-9(6-13)16-10(11-8)12-2-4-15-5-3-12/h13H,2-7H2,1H3. The molecule has 16 heavy (non-hydrogen) atoms. The van der Waals surface area contributed by atoms with E-state index < -0.39 is 0 Å². The minimum atomic E-state index is 0.0545. The Bertz CT molecular complexity index is 338. The molecule has 1 N–H and O–H groups in total. The third kappa shape index (κ3) is 2.68. The highest BCUT2D eigenvalue weighted by molar-refractivity contribution is 7.99. The first kappa shape index (κ1) is 12.2. The van der Waals surface area contributed by atoms with E-state index in [1.54, 1.807) is 18.4 Å². The van der Waals surface area contributed by atoms with Crippen LogP contribution >= 0.6 is 23.1 Å². The highest BCUT2D eigenvalue weighted by Crippen LogP contribution is 2.28. The Kier molecular flexibility index (Phi) is 4.45. The number of thiazole rings is 1. The number of anilines is 1. The van der Waals surface area contributed by atoms with Gasteiger partial charge in [0, 0.05) is 31.7 Å². The van der Waals surface area contributed by atoms with Gasteiger partial charge in [0.2, 0.25) is 0 Å². The van der Waals surface area contributed by atoms with Crippen molar-refractivity contribution in [2.24, 2.45) is 0 Å². The van der Waals surface area contributed by atoms with E-state index in [0.29, 0.717) is 6.61 Å². The summed E-state index contributed by atoms with van der Waals surface area (Å²) in [5.41, 5.74) is 0.878. The van der Waals surface area contributed by atoms with Crippen molar-refractivity contribution in [3.63, 3.8) is 0 Å². The summed E-state index contributed by atoms with van der Waals surface area (Å²) in [7, 11) is 1.65. The van der Waals surface area contributed by atoms with Gasteiger partial charge in [0.05, 0.1) is 23.8 Å². The molecule has 0 aliphatic carbocycles. The van der Waals surface area contributed by atoms with Crippen molar-refractivity contribution in [2.75, 3.05) is 36.6 Å². The molecule has 6 heteroatoms. The number of nitrogens with zero attached hydrogens (tertiary/aromatic N) is 2. The molecule has 0 spiro atoms. The van der Waals surface area contributed by atoms with Crippen molar-refractivity contribution < 1.29 is 9.84 Å². The highest BCUT2D eigenvalue weighted by atomic mass is 32.2. The number of aliphatic hydroxyl groups excluding tert-OH is 1. The number of thioether (sulfide) groups is 1. The van der Waals surface area contributed by atoms with E-state index in [0.717, 1.165) is 40.3 Å². The van der Waals surface area contributed by atoms with Crippen LogP contribution in [0.4, 0.5) is 5.13 Å². The van der Waals surface area contributed by atoms with Gasteiger partial charge in [-0.1, -0.05) is 11.3 Å². The van der Waals surface area contributed by atoms with Gasteiger partial charge in [-0.15, -0.1) is 0 Å². The van der Waals surface area contributed by atoms with Gasteiger partial charge in [-0.05, 0) is 0 Å². The molecule has 1 saturated heterocycles. The van der Waals surface area contributed by atoms with Crippen molar-refractivity contribution in [3.05, 3.63) is 10.6 Å². The molecule has 1 aromatic heterocycles. The molecule has 0 aromatic carbocycles. The van der Waals surface area contributed by atoms with Crippen LogP contribution in [0.3, 0.4) is 0 Å². The van der Waals surface area contributed by atoms with E-state index in [1.807, 2.05) is 11.8 Å². The van der Waals surface area contributed by atoms with E-state index in [2.05, 4.69) is 9.88 Å². The molecule has 0 atom stereocenters. The SMILES string of the molecule is COCc1nc(N2CCSCC2)sc1CO. The Morgan fingerprint density at radius 3 is 2.81 bits per heavy atom. The average Bonchev–Trinajstić information content (AvgIpc) is 2.74. The zero-order valence-electron chi connectivity index (χ0n) is 9.31. The summed E-state index contributed by atoms with van der Waals surface area (Å²) in [6.07, 6.45) is 0. The summed E-state index contributed by atoms with van der Waals surface area (Å²) in [4.78, 5) is 7.76. The van der Waals surface area contributed by atoms with Gasteiger partial charge in [-0.3, -0.25) is 0 Å². The maximum absolute atomic E-state index is 9.25. The van der Waals surface area contributed by atoms with Crippen LogP contribution in [0.15, 0.2) is 0 Å². The monoisotopic (exact) mass is 260 g/mol. The molecule has 1 aliphatic rings. The van der Waals surface area contributed by atoms with Crippen molar-refractivity contribution >= 4 is 28.2 Å². The molecular formula is C10H16N2O2S2. The third-order valence-electron chi connectivity index (χ3n) is 2.47. The molecule has 1 aliphatic heterocycles. The summed E-state index contributed by atoms with van der Waals surface area (Å²) in [6, 6.07) is 0. The van der Waals surface area contributed by atoms with E-state index in [1.165, 1.54) is 0 Å². The van der Waals surface area contributed by atoms with Gasteiger partial charge >= 0.3 is 0 Å². The van der Waals surface area contributed by atoms with Crippen molar-refractivity contribution in [1.29, 1.82) is 0 Å². The van der Waals surface area contributed by atoms with Crippen LogP contribution in [-0.2, 0) is 18.0 Å². The molecule has 2 heterocycles. The topological polar surface area (TPSA) is 45.6 Å². The molecule has 0 bridgehead atoms. The summed E-state index contributed by atoms with van der Waals surface area (Å²) in [6.45, 7) is 2.64. The second kappa shape index (κ2) is 5.86. The molecule has 4 nitrogen and oxygen atoms in total. The van der Waals surface area contributed by atoms with Gasteiger partial charge in [-0.2, -0.15) is 11.8 Å². The molecule has 0 unspecified atom stereocenters. The lowest BCUT2D eigenvalue weighted by Crippen LogP contribution is -2.32. The number of methoxy groups -OCH3 is 1. The number of hydrogen-bond acceptors (Lipinski definition) is 6. The molecular weight excluding hydrogens is 244 g/mol. The molecule has 90 valence electrons. The quantitative estimate of drug-likeness (QED) is 0.885. The van der Waals surface area contributed by atoms with Crippen molar-refractivity contribution in [3.8, 4) is 0 Å². The zero-order valence-corrected chi connectivity index (χ0v) is 10.9. The largest absolute Gasteiger partial charge is 0.391 e. The molecule has 2 rings (SSSR count). The summed E-state index contributed by atoms with van der Waals surface area (Å²) >= 11 is 3.56. The predicted octanol–water partition coefficient (Wildman–Crippen LogP) is 1.33. The molecule has 1 aromatic rings. The number of hydrogen-bond donors (Lipinski definition) is 1. The highest BCUT2D eigenvalue weighted by Gasteiger charge is 2.17. The Hall–Kier alpha value is -0.300. The summed E-state index contributed by atoms with van der Waals surface area (Å²) in [5.74, 6) is 2.32. The summed E-state index contributed by atoms with van der Waals surface area (Å²) in [5, 5.41) is 10.3. The van der Waals surface area contributed by atoms with Crippen LogP contribution in [0.25, 0.3) is 0 Å². The lowest BCUT2D eigenvalue weighted by molar-refractivity contribution is 0.179. The number of aromatic nitrogens is 1. The normalized spacial score (nSPS) is 16.8. The van der Waals surface area contributed by atoms with Crippen LogP contribution in [0.2, 0.25) is 0 Å². The first-order chi connectivity index (χ1) is 7.85. The minimum absolute atomic E-state index is 0.0545. The Morgan fingerprint density at radius 1 is 1.44 bits per heavy atom. The Morgan fingerprint density at radius 2 is 2.19 bits per heavy atom. The van der Waals surface area contributed by atoms with Crippen LogP contribution < -0.4 is 4.90 Å². The van der Waals surface area contributed by atoms with Gasteiger partial charge in [-0.25, -0.2) is 4.98 Å². The summed E-state index contributed by atoms with van der Waals surface area (Å²) < 4.78 is 5.08. The molecule has 0 amide bonds. The smallest absolute Gasteiger partial charge is 0.186 e. The minimum Gasteiger partial charge on any atom is -0.391 e. The van der Waals surface area contributed by atoms with Crippen molar-refractivity contribution in [1.82, 2.24) is 4.98 Å². The van der Waals surface area contributed by atoms with E-state index in [4.69, 9.17) is 4.74 Å². The van der Waals surface area contributed by atoms with Crippen molar-refractivity contribution in [2.45, 2.75) is 13.2 Å². The van der Waals surface area contributed by atoms with Crippen LogP contribution in [0.5, 0.6) is 0 Å². The number of ether oxygens (including phenoxy) is 1. The van der Waals surface area contributed by atoms with Crippen LogP contribution in [0, 0.1) is 0 Å². The lowest BCUT2D eigenvalue weighted by atomic mass is 10.4. The van der Waals surface area contributed by atoms with Gasteiger partial charge < -0.3 is 14.7 Å². The fraction of sp³-hybridized carbons (Fsp3) is 0.700. The van der Waals surface area contributed by atoms with Crippen LogP contribution in [-0.4, -0.2) is 41.8 Å². The Balaban J connectivity index is 2.14. The van der Waals surface area contributed by atoms with Gasteiger partial charge in [0.25, 0.3) is 0 Å². The predicted molar refractivity (Wildman–Crippen MR) is 68.3 cm³/mol. The maximum Gasteiger partial charge on any atom is 0.186 e. The molecule has 1 fully saturated rings. The van der Waals surface area contributed by atoms with E-state index in [-0.39, 0.29) is 6.61 Å². The first-order valence-corrected chi connectivity index (χ1v) is 7.23. The second-order valence-corrected chi connectivity index (χ2v) is 5.84. The molecule has 0 radical (unpaired) electrons. The fourth-order valence-electron chi connectivity index (χ4n) is 1.63. The van der Waals surface area contributed by atoms with E-state index >= 15 is 0 Å². The third-order valence-corrected chi connectivity index (χ3v) is 4.56. The van der Waals surface area contributed by atoms with E-state index in [9.17, 15) is 5.11 Å².